The van der Waals surface area contributed by atoms with Crippen LogP contribution in [0.15, 0.2) is 6.20 Å². The monoisotopic (exact) mass is 178 g/mol. The quantitative estimate of drug-likeness (QED) is 0.675. The molecule has 0 aliphatic rings. The Labute approximate surface area is 78.3 Å². The molecule has 13 heavy (non-hydrogen) atoms. The molecule has 0 fully saturated rings. The van der Waals surface area contributed by atoms with Crippen molar-refractivity contribution < 1.29 is 0 Å². The van der Waals surface area contributed by atoms with Crippen LogP contribution in [0.25, 0.3) is 0 Å². The van der Waals surface area contributed by atoms with E-state index in [1.807, 2.05) is 20.2 Å². The summed E-state index contributed by atoms with van der Waals surface area (Å²) >= 11 is 0. The zero-order valence-corrected chi connectivity index (χ0v) is 7.99. The first-order chi connectivity index (χ1) is 6.26. The first kappa shape index (κ1) is 9.75. The minimum atomic E-state index is 0.127. The van der Waals surface area contributed by atoms with E-state index in [-0.39, 0.29) is 6.04 Å². The van der Waals surface area contributed by atoms with Gasteiger partial charge < -0.3 is 0 Å². The van der Waals surface area contributed by atoms with Gasteiger partial charge in [-0.05, 0) is 6.42 Å². The fourth-order valence-corrected chi connectivity index (χ4v) is 1.03. The number of rotatable bonds is 4. The summed E-state index contributed by atoms with van der Waals surface area (Å²) in [5.74, 6) is 2.66. The molecule has 1 N–H and O–H groups in total. The predicted octanol–water partition coefficient (Wildman–Crippen LogP) is 0.317. The Morgan fingerprint density at radius 3 is 3.00 bits per heavy atom. The first-order valence-corrected chi connectivity index (χ1v) is 4.31. The Bertz CT molecular complexity index is 297. The van der Waals surface area contributed by atoms with E-state index in [4.69, 9.17) is 6.42 Å². The zero-order chi connectivity index (χ0) is 9.68. The number of aryl methyl sites for hydroxylation is 1. The average molecular weight is 178 g/mol. The van der Waals surface area contributed by atoms with Gasteiger partial charge in [0.25, 0.3) is 0 Å². The van der Waals surface area contributed by atoms with E-state index in [1.54, 1.807) is 4.68 Å². The van der Waals surface area contributed by atoms with Crippen molar-refractivity contribution in [3.63, 3.8) is 0 Å². The summed E-state index contributed by atoms with van der Waals surface area (Å²) in [5.41, 5.74) is 0.913. The maximum Gasteiger partial charge on any atom is 0.0965 e. The van der Waals surface area contributed by atoms with E-state index < -0.39 is 0 Å². The minimum absolute atomic E-state index is 0.127. The highest BCUT2D eigenvalue weighted by molar-refractivity contribution is 5.00. The zero-order valence-electron chi connectivity index (χ0n) is 7.99. The molecule has 4 heteroatoms. The minimum Gasteiger partial charge on any atom is -0.298 e. The topological polar surface area (TPSA) is 42.7 Å². The standard InChI is InChI=1S/C9H14N4/c1-4-8(5-2)10-6-9-7-13(3)12-11-9/h1,7-8,10H,5-6H2,2-3H3. The third-order valence-corrected chi connectivity index (χ3v) is 1.79. The highest BCUT2D eigenvalue weighted by Crippen LogP contribution is 1.93. The SMILES string of the molecule is C#CC(CC)NCc1cn(C)nn1. The number of terminal acetylenes is 1. The van der Waals surface area contributed by atoms with E-state index in [9.17, 15) is 0 Å². The van der Waals surface area contributed by atoms with Gasteiger partial charge in [0.1, 0.15) is 0 Å². The summed E-state index contributed by atoms with van der Waals surface area (Å²) in [6.07, 6.45) is 8.10. The molecule has 0 aromatic carbocycles. The molecule has 1 unspecified atom stereocenters. The van der Waals surface area contributed by atoms with Crippen molar-refractivity contribution in [3.05, 3.63) is 11.9 Å². The van der Waals surface area contributed by atoms with Gasteiger partial charge >= 0.3 is 0 Å². The Morgan fingerprint density at radius 1 is 1.77 bits per heavy atom. The van der Waals surface area contributed by atoms with Crippen molar-refractivity contribution in [2.45, 2.75) is 25.9 Å². The summed E-state index contributed by atoms with van der Waals surface area (Å²) in [4.78, 5) is 0. The van der Waals surface area contributed by atoms with Crippen LogP contribution >= 0.6 is 0 Å². The molecular weight excluding hydrogens is 164 g/mol. The van der Waals surface area contributed by atoms with Gasteiger partial charge in [-0.1, -0.05) is 18.1 Å². The van der Waals surface area contributed by atoms with Crippen molar-refractivity contribution in [3.8, 4) is 12.3 Å². The van der Waals surface area contributed by atoms with Crippen molar-refractivity contribution in [1.82, 2.24) is 20.3 Å². The van der Waals surface area contributed by atoms with Crippen LogP contribution in [0.2, 0.25) is 0 Å². The molecule has 1 atom stereocenters. The second-order valence-electron chi connectivity index (χ2n) is 2.89. The first-order valence-electron chi connectivity index (χ1n) is 4.31. The largest absolute Gasteiger partial charge is 0.298 e. The van der Waals surface area contributed by atoms with Crippen LogP contribution in [0.4, 0.5) is 0 Å². The molecular formula is C9H14N4. The van der Waals surface area contributed by atoms with Crippen molar-refractivity contribution in [2.75, 3.05) is 0 Å². The molecule has 1 aromatic heterocycles. The number of aromatic nitrogens is 3. The maximum absolute atomic E-state index is 5.30. The molecule has 0 saturated carbocycles. The van der Waals surface area contributed by atoms with Crippen LogP contribution in [-0.2, 0) is 13.6 Å². The Balaban J connectivity index is 2.39. The number of nitrogens with zero attached hydrogens (tertiary/aromatic N) is 3. The third-order valence-electron chi connectivity index (χ3n) is 1.79. The van der Waals surface area contributed by atoms with Gasteiger partial charge in [-0.2, -0.15) is 0 Å². The predicted molar refractivity (Wildman–Crippen MR) is 50.8 cm³/mol. The molecule has 0 aliphatic carbocycles. The Hall–Kier alpha value is -1.34. The lowest BCUT2D eigenvalue weighted by Crippen LogP contribution is -2.26. The molecule has 0 bridgehead atoms. The average Bonchev–Trinajstić information content (AvgIpc) is 2.53. The molecule has 4 nitrogen and oxygen atoms in total. The molecule has 1 heterocycles. The van der Waals surface area contributed by atoms with Gasteiger partial charge in [-0.15, -0.1) is 11.5 Å². The summed E-state index contributed by atoms with van der Waals surface area (Å²) in [6.45, 7) is 2.73. The van der Waals surface area contributed by atoms with E-state index in [2.05, 4.69) is 21.5 Å². The highest BCUT2D eigenvalue weighted by atomic mass is 15.4. The Morgan fingerprint density at radius 2 is 2.54 bits per heavy atom. The van der Waals surface area contributed by atoms with Gasteiger partial charge in [0.15, 0.2) is 0 Å². The van der Waals surface area contributed by atoms with Crippen LogP contribution in [0, 0.1) is 12.3 Å². The summed E-state index contributed by atoms with van der Waals surface area (Å²) < 4.78 is 1.67. The summed E-state index contributed by atoms with van der Waals surface area (Å²) in [7, 11) is 1.84. The Kier molecular flexibility index (Phi) is 3.47. The summed E-state index contributed by atoms with van der Waals surface area (Å²) in [6, 6.07) is 0.127. The molecule has 1 aromatic rings. The fourth-order valence-electron chi connectivity index (χ4n) is 1.03. The van der Waals surface area contributed by atoms with Crippen LogP contribution in [-0.4, -0.2) is 21.0 Å². The van der Waals surface area contributed by atoms with Gasteiger partial charge in [0.2, 0.25) is 0 Å². The molecule has 0 saturated heterocycles. The van der Waals surface area contributed by atoms with Gasteiger partial charge in [-0.25, -0.2) is 0 Å². The number of hydrogen-bond acceptors (Lipinski definition) is 3. The van der Waals surface area contributed by atoms with E-state index in [0.717, 1.165) is 12.1 Å². The van der Waals surface area contributed by atoms with Gasteiger partial charge in [0.05, 0.1) is 11.7 Å². The van der Waals surface area contributed by atoms with Gasteiger partial charge in [-0.3, -0.25) is 10.00 Å². The molecule has 0 aliphatic heterocycles. The normalized spacial score (nSPS) is 12.4. The maximum atomic E-state index is 5.30. The lowest BCUT2D eigenvalue weighted by molar-refractivity contribution is 0.584. The van der Waals surface area contributed by atoms with Gasteiger partial charge in [0, 0.05) is 19.8 Å². The van der Waals surface area contributed by atoms with Crippen LogP contribution in [0.1, 0.15) is 19.0 Å². The van der Waals surface area contributed by atoms with E-state index in [0.29, 0.717) is 6.54 Å². The molecule has 0 spiro atoms. The van der Waals surface area contributed by atoms with Crippen LogP contribution in [0.3, 0.4) is 0 Å². The second-order valence-corrected chi connectivity index (χ2v) is 2.89. The number of hydrogen-bond donors (Lipinski definition) is 1. The fraction of sp³-hybridized carbons (Fsp3) is 0.556. The van der Waals surface area contributed by atoms with Crippen molar-refractivity contribution in [2.24, 2.45) is 7.05 Å². The van der Waals surface area contributed by atoms with Crippen LogP contribution < -0.4 is 5.32 Å². The molecule has 70 valence electrons. The molecule has 1 rings (SSSR count). The highest BCUT2D eigenvalue weighted by Gasteiger charge is 2.02. The van der Waals surface area contributed by atoms with Crippen molar-refractivity contribution >= 4 is 0 Å². The number of nitrogens with one attached hydrogen (secondary N) is 1. The van der Waals surface area contributed by atoms with E-state index in [1.165, 1.54) is 0 Å². The lowest BCUT2D eigenvalue weighted by Gasteiger charge is -2.07. The molecule has 0 radical (unpaired) electrons. The lowest BCUT2D eigenvalue weighted by atomic mass is 10.2. The second kappa shape index (κ2) is 4.63. The summed E-state index contributed by atoms with van der Waals surface area (Å²) in [5, 5.41) is 11.0. The van der Waals surface area contributed by atoms with Crippen LogP contribution in [0.5, 0.6) is 0 Å². The molecule has 0 amide bonds. The smallest absolute Gasteiger partial charge is 0.0965 e. The third kappa shape index (κ3) is 2.88. The van der Waals surface area contributed by atoms with Crippen molar-refractivity contribution in [1.29, 1.82) is 0 Å². The van der Waals surface area contributed by atoms with E-state index >= 15 is 0 Å².